The van der Waals surface area contributed by atoms with Crippen LogP contribution in [0.2, 0.25) is 5.02 Å². The van der Waals surface area contributed by atoms with E-state index in [1.165, 1.54) is 12.1 Å². The Balaban J connectivity index is 1.45. The Morgan fingerprint density at radius 3 is 2.38 bits per heavy atom. The van der Waals surface area contributed by atoms with E-state index in [-0.39, 0.29) is 11.7 Å². The fraction of sp³-hybridized carbons (Fsp3) is 0.174. The highest BCUT2D eigenvalue weighted by atomic mass is 35.5. The molecule has 0 unspecified atom stereocenters. The van der Waals surface area contributed by atoms with Crippen molar-refractivity contribution in [2.75, 3.05) is 0 Å². The van der Waals surface area contributed by atoms with Crippen LogP contribution < -0.4 is 14.8 Å². The van der Waals surface area contributed by atoms with E-state index in [0.717, 1.165) is 11.1 Å². The van der Waals surface area contributed by atoms with E-state index in [1.54, 1.807) is 43.3 Å². The molecule has 1 N–H and O–H groups in total. The third-order valence-corrected chi connectivity index (χ3v) is 4.42. The normalized spacial score (nSPS) is 11.6. The topological polar surface area (TPSA) is 47.6 Å². The maximum absolute atomic E-state index is 12.9. The van der Waals surface area contributed by atoms with Crippen LogP contribution in [-0.4, -0.2) is 12.0 Å². The van der Waals surface area contributed by atoms with Crippen LogP contribution in [0.15, 0.2) is 72.8 Å². The lowest BCUT2D eigenvalue weighted by molar-refractivity contribution is -0.127. The van der Waals surface area contributed by atoms with Crippen molar-refractivity contribution < 1.29 is 18.7 Å². The van der Waals surface area contributed by atoms with Gasteiger partial charge >= 0.3 is 0 Å². The highest BCUT2D eigenvalue weighted by Crippen LogP contribution is 2.18. The Bertz CT molecular complexity index is 945. The van der Waals surface area contributed by atoms with E-state index in [4.69, 9.17) is 21.1 Å². The summed E-state index contributed by atoms with van der Waals surface area (Å²) in [5.74, 6) is 0.749. The molecular formula is C23H21ClFNO3. The molecular weight excluding hydrogens is 393 g/mol. The van der Waals surface area contributed by atoms with E-state index >= 15 is 0 Å². The monoisotopic (exact) mass is 413 g/mol. The minimum atomic E-state index is -0.646. The van der Waals surface area contributed by atoms with Crippen molar-refractivity contribution in [1.29, 1.82) is 0 Å². The maximum atomic E-state index is 12.9. The molecule has 0 spiro atoms. The highest BCUT2D eigenvalue weighted by Gasteiger charge is 2.14. The second-order valence-corrected chi connectivity index (χ2v) is 6.93. The molecule has 1 atom stereocenters. The summed E-state index contributed by atoms with van der Waals surface area (Å²) in [4.78, 5) is 12.2. The Kier molecular flexibility index (Phi) is 7.09. The average molecular weight is 414 g/mol. The fourth-order valence-electron chi connectivity index (χ4n) is 2.58. The molecule has 0 aliphatic rings. The predicted octanol–water partition coefficient (Wildman–Crippen LogP) is 5.14. The van der Waals surface area contributed by atoms with Gasteiger partial charge in [-0.25, -0.2) is 4.39 Å². The number of carbonyl (C=O) groups is 1. The first kappa shape index (κ1) is 20.7. The maximum Gasteiger partial charge on any atom is 0.261 e. The molecule has 0 saturated heterocycles. The van der Waals surface area contributed by atoms with E-state index in [2.05, 4.69) is 5.32 Å². The first-order valence-corrected chi connectivity index (χ1v) is 9.53. The zero-order valence-electron chi connectivity index (χ0n) is 15.9. The van der Waals surface area contributed by atoms with Crippen molar-refractivity contribution >= 4 is 17.5 Å². The van der Waals surface area contributed by atoms with E-state index < -0.39 is 6.10 Å². The van der Waals surface area contributed by atoms with Gasteiger partial charge in [-0.05, 0) is 60.5 Å². The van der Waals surface area contributed by atoms with Crippen LogP contribution in [0.1, 0.15) is 18.1 Å². The van der Waals surface area contributed by atoms with Gasteiger partial charge in [0.05, 0.1) is 0 Å². The number of rotatable bonds is 8. The van der Waals surface area contributed by atoms with Crippen molar-refractivity contribution in [3.63, 3.8) is 0 Å². The summed E-state index contributed by atoms with van der Waals surface area (Å²) < 4.78 is 24.2. The quantitative estimate of drug-likeness (QED) is 0.556. The van der Waals surface area contributed by atoms with Crippen LogP contribution >= 0.6 is 11.6 Å². The molecule has 0 saturated carbocycles. The molecule has 3 aromatic rings. The number of halogens is 2. The van der Waals surface area contributed by atoms with Crippen molar-refractivity contribution in [2.24, 2.45) is 0 Å². The van der Waals surface area contributed by atoms with Crippen LogP contribution in [0.4, 0.5) is 4.39 Å². The van der Waals surface area contributed by atoms with Gasteiger partial charge in [-0.3, -0.25) is 4.79 Å². The summed E-state index contributed by atoms with van der Waals surface area (Å²) in [5, 5.41) is 3.40. The Morgan fingerprint density at radius 1 is 1.00 bits per heavy atom. The van der Waals surface area contributed by atoms with Gasteiger partial charge in [-0.1, -0.05) is 41.9 Å². The first-order chi connectivity index (χ1) is 14.0. The van der Waals surface area contributed by atoms with Gasteiger partial charge in [0, 0.05) is 11.6 Å². The third kappa shape index (κ3) is 6.50. The molecule has 0 aliphatic heterocycles. The van der Waals surface area contributed by atoms with Crippen LogP contribution in [0.3, 0.4) is 0 Å². The lowest BCUT2D eigenvalue weighted by Crippen LogP contribution is -2.35. The number of benzene rings is 3. The first-order valence-electron chi connectivity index (χ1n) is 9.16. The molecule has 1 amide bonds. The Labute approximate surface area is 174 Å². The smallest absolute Gasteiger partial charge is 0.261 e. The minimum absolute atomic E-state index is 0.221. The summed E-state index contributed by atoms with van der Waals surface area (Å²) in [6, 6.07) is 20.5. The zero-order valence-corrected chi connectivity index (χ0v) is 16.7. The Hall–Kier alpha value is -3.05. The molecule has 150 valence electrons. The molecule has 0 aliphatic carbocycles. The van der Waals surface area contributed by atoms with Gasteiger partial charge in [-0.2, -0.15) is 0 Å². The standard InChI is InChI=1S/C23H21ClFNO3/c1-16(29-22-4-2-3-19(24)13-22)23(27)26-14-17-7-11-21(12-8-17)28-15-18-5-9-20(25)10-6-18/h2-13,16H,14-15H2,1H3,(H,26,27)/t16-/m1/s1. The number of hydrogen-bond donors (Lipinski definition) is 1. The van der Waals surface area contributed by atoms with Crippen molar-refractivity contribution in [3.8, 4) is 11.5 Å². The summed E-state index contributed by atoms with van der Waals surface area (Å²) in [7, 11) is 0. The Morgan fingerprint density at radius 2 is 1.69 bits per heavy atom. The molecule has 6 heteroatoms. The van der Waals surface area contributed by atoms with Gasteiger partial charge in [0.15, 0.2) is 6.10 Å². The largest absolute Gasteiger partial charge is 0.489 e. The van der Waals surface area contributed by atoms with Crippen LogP contribution in [0.25, 0.3) is 0 Å². The second-order valence-electron chi connectivity index (χ2n) is 6.49. The number of ether oxygens (including phenoxy) is 2. The molecule has 29 heavy (non-hydrogen) atoms. The number of nitrogens with one attached hydrogen (secondary N) is 1. The van der Waals surface area contributed by atoms with Gasteiger partial charge in [0.25, 0.3) is 5.91 Å². The van der Waals surface area contributed by atoms with Crippen LogP contribution in [0.5, 0.6) is 11.5 Å². The molecule has 3 aromatic carbocycles. The van der Waals surface area contributed by atoms with Crippen LogP contribution in [0, 0.1) is 5.82 Å². The van der Waals surface area contributed by atoms with Crippen LogP contribution in [-0.2, 0) is 17.9 Å². The van der Waals surface area contributed by atoms with E-state index in [9.17, 15) is 9.18 Å². The molecule has 0 heterocycles. The van der Waals surface area contributed by atoms with E-state index in [1.807, 2.05) is 24.3 Å². The molecule has 3 rings (SSSR count). The third-order valence-electron chi connectivity index (χ3n) is 4.19. The molecule has 0 aromatic heterocycles. The summed E-state index contributed by atoms with van der Waals surface area (Å²) in [6.07, 6.45) is -0.646. The van der Waals surface area contributed by atoms with Gasteiger partial charge in [0.2, 0.25) is 0 Å². The summed E-state index contributed by atoms with van der Waals surface area (Å²) in [6.45, 7) is 2.41. The summed E-state index contributed by atoms with van der Waals surface area (Å²) in [5.41, 5.74) is 1.82. The number of amides is 1. The van der Waals surface area contributed by atoms with Gasteiger partial charge in [0.1, 0.15) is 23.9 Å². The van der Waals surface area contributed by atoms with E-state index in [0.29, 0.717) is 29.7 Å². The zero-order chi connectivity index (χ0) is 20.6. The molecule has 0 fully saturated rings. The minimum Gasteiger partial charge on any atom is -0.489 e. The van der Waals surface area contributed by atoms with Crippen molar-refractivity contribution in [3.05, 3.63) is 94.8 Å². The summed E-state index contributed by atoms with van der Waals surface area (Å²) >= 11 is 5.92. The average Bonchev–Trinajstić information content (AvgIpc) is 2.72. The molecule has 0 radical (unpaired) electrons. The highest BCUT2D eigenvalue weighted by molar-refractivity contribution is 6.30. The fourth-order valence-corrected chi connectivity index (χ4v) is 2.76. The van der Waals surface area contributed by atoms with Crippen molar-refractivity contribution in [2.45, 2.75) is 26.2 Å². The lowest BCUT2D eigenvalue weighted by Gasteiger charge is -2.15. The molecule has 4 nitrogen and oxygen atoms in total. The van der Waals surface area contributed by atoms with Gasteiger partial charge in [-0.15, -0.1) is 0 Å². The number of carbonyl (C=O) groups excluding carboxylic acids is 1. The second kappa shape index (κ2) is 9.94. The number of hydrogen-bond acceptors (Lipinski definition) is 3. The predicted molar refractivity (Wildman–Crippen MR) is 111 cm³/mol. The van der Waals surface area contributed by atoms with Crippen molar-refractivity contribution in [1.82, 2.24) is 5.32 Å². The SMILES string of the molecule is C[C@@H](Oc1cccc(Cl)c1)C(=O)NCc1ccc(OCc2ccc(F)cc2)cc1. The molecule has 0 bridgehead atoms. The lowest BCUT2D eigenvalue weighted by atomic mass is 10.2. The van der Waals surface area contributed by atoms with Gasteiger partial charge < -0.3 is 14.8 Å².